The number of hydrogen-bond acceptors (Lipinski definition) is 3. The fourth-order valence-corrected chi connectivity index (χ4v) is 1.76. The van der Waals surface area contributed by atoms with Crippen LogP contribution in [0.15, 0.2) is 24.3 Å². The zero-order valence-corrected chi connectivity index (χ0v) is 11.1. The van der Waals surface area contributed by atoms with E-state index in [-0.39, 0.29) is 11.8 Å². The van der Waals surface area contributed by atoms with E-state index in [4.69, 9.17) is 9.84 Å². The van der Waals surface area contributed by atoms with Crippen LogP contribution in [0.25, 0.3) is 0 Å². The van der Waals surface area contributed by atoms with E-state index in [1.165, 1.54) is 0 Å². The highest BCUT2D eigenvalue weighted by atomic mass is 16.5. The van der Waals surface area contributed by atoms with Gasteiger partial charge in [-0.15, -0.1) is 0 Å². The zero-order chi connectivity index (χ0) is 13.5. The fourth-order valence-electron chi connectivity index (χ4n) is 1.76. The first-order chi connectivity index (χ1) is 8.54. The van der Waals surface area contributed by atoms with Crippen molar-refractivity contribution in [3.8, 4) is 5.75 Å². The van der Waals surface area contributed by atoms with E-state index < -0.39 is 5.97 Å². The van der Waals surface area contributed by atoms with Crippen LogP contribution >= 0.6 is 0 Å². The number of rotatable bonds is 7. The second kappa shape index (κ2) is 7.01. The van der Waals surface area contributed by atoms with Crippen LogP contribution in [0, 0.1) is 11.8 Å². The predicted molar refractivity (Wildman–Crippen MR) is 70.7 cm³/mol. The van der Waals surface area contributed by atoms with Gasteiger partial charge in [0.2, 0.25) is 0 Å². The summed E-state index contributed by atoms with van der Waals surface area (Å²) in [5, 5.41) is 12.2. The summed E-state index contributed by atoms with van der Waals surface area (Å²) in [6, 6.07) is 7.74. The Morgan fingerprint density at radius 3 is 2.72 bits per heavy atom. The van der Waals surface area contributed by atoms with Gasteiger partial charge in [-0.3, -0.25) is 4.79 Å². The summed E-state index contributed by atoms with van der Waals surface area (Å²) >= 11 is 0. The third-order valence-corrected chi connectivity index (χ3v) is 2.95. The minimum absolute atomic E-state index is 0.125. The smallest absolute Gasteiger partial charge is 0.308 e. The zero-order valence-electron chi connectivity index (χ0n) is 11.1. The Morgan fingerprint density at radius 2 is 2.17 bits per heavy atom. The third kappa shape index (κ3) is 4.37. The van der Waals surface area contributed by atoms with Crippen LogP contribution in [0.3, 0.4) is 0 Å². The molecule has 0 heterocycles. The number of aliphatic carboxylic acids is 1. The first kappa shape index (κ1) is 14.5. The van der Waals surface area contributed by atoms with Crippen molar-refractivity contribution >= 4 is 5.97 Å². The van der Waals surface area contributed by atoms with Crippen molar-refractivity contribution in [2.24, 2.45) is 11.8 Å². The van der Waals surface area contributed by atoms with Gasteiger partial charge in [-0.05, 0) is 23.6 Å². The van der Waals surface area contributed by atoms with Gasteiger partial charge in [0.05, 0.1) is 13.0 Å². The molecule has 4 nitrogen and oxygen atoms in total. The van der Waals surface area contributed by atoms with Crippen molar-refractivity contribution in [2.45, 2.75) is 20.4 Å². The molecule has 18 heavy (non-hydrogen) atoms. The highest BCUT2D eigenvalue weighted by Gasteiger charge is 2.20. The molecule has 1 aromatic carbocycles. The van der Waals surface area contributed by atoms with Crippen molar-refractivity contribution in [1.29, 1.82) is 0 Å². The summed E-state index contributed by atoms with van der Waals surface area (Å²) in [4.78, 5) is 11.0. The second-order valence-electron chi connectivity index (χ2n) is 4.67. The fraction of sp³-hybridized carbons (Fsp3) is 0.500. The van der Waals surface area contributed by atoms with Crippen molar-refractivity contribution in [2.75, 3.05) is 13.7 Å². The summed E-state index contributed by atoms with van der Waals surface area (Å²) in [7, 11) is 1.63. The second-order valence-corrected chi connectivity index (χ2v) is 4.67. The highest BCUT2D eigenvalue weighted by Crippen LogP contribution is 2.13. The van der Waals surface area contributed by atoms with Crippen LogP contribution in [0.2, 0.25) is 0 Å². The molecule has 0 aliphatic rings. The molecule has 0 aromatic heterocycles. The number of carbonyl (C=O) groups is 1. The van der Waals surface area contributed by atoms with E-state index in [1.54, 1.807) is 7.11 Å². The van der Waals surface area contributed by atoms with Crippen molar-refractivity contribution in [3.63, 3.8) is 0 Å². The number of methoxy groups -OCH3 is 1. The first-order valence-corrected chi connectivity index (χ1v) is 6.11. The molecule has 100 valence electrons. The van der Waals surface area contributed by atoms with Gasteiger partial charge in [0.1, 0.15) is 5.75 Å². The van der Waals surface area contributed by atoms with E-state index in [9.17, 15) is 4.79 Å². The lowest BCUT2D eigenvalue weighted by atomic mass is 9.96. The largest absolute Gasteiger partial charge is 0.497 e. The van der Waals surface area contributed by atoms with Crippen LogP contribution in [-0.4, -0.2) is 24.7 Å². The Morgan fingerprint density at radius 1 is 1.44 bits per heavy atom. The average Bonchev–Trinajstić information content (AvgIpc) is 2.34. The summed E-state index contributed by atoms with van der Waals surface area (Å²) in [5.74, 6) is -0.160. The Hall–Kier alpha value is -1.55. The molecule has 0 saturated carbocycles. The number of carboxylic acids is 1. The maximum absolute atomic E-state index is 11.0. The van der Waals surface area contributed by atoms with Gasteiger partial charge in [0.15, 0.2) is 0 Å². The molecule has 0 aliphatic carbocycles. The molecule has 2 N–H and O–H groups in total. The number of benzene rings is 1. The standard InChI is InChI=1S/C14H21NO3/c1-10(2)13(14(16)17)9-15-8-11-5-4-6-12(7-11)18-3/h4-7,10,13,15H,8-9H2,1-3H3,(H,16,17). The van der Waals surface area contributed by atoms with Crippen molar-refractivity contribution in [3.05, 3.63) is 29.8 Å². The molecule has 1 unspecified atom stereocenters. The van der Waals surface area contributed by atoms with Crippen molar-refractivity contribution < 1.29 is 14.6 Å². The topological polar surface area (TPSA) is 58.6 Å². The van der Waals surface area contributed by atoms with E-state index in [2.05, 4.69) is 5.32 Å². The summed E-state index contributed by atoms with van der Waals surface area (Å²) in [6.45, 7) is 4.97. The number of ether oxygens (including phenoxy) is 1. The van der Waals surface area contributed by atoms with E-state index in [0.29, 0.717) is 13.1 Å². The van der Waals surface area contributed by atoms with Crippen LogP contribution in [0.4, 0.5) is 0 Å². The van der Waals surface area contributed by atoms with E-state index in [0.717, 1.165) is 11.3 Å². The summed E-state index contributed by atoms with van der Waals surface area (Å²) in [6.07, 6.45) is 0. The Balaban J connectivity index is 2.47. The number of hydrogen-bond donors (Lipinski definition) is 2. The van der Waals surface area contributed by atoms with Gasteiger partial charge in [-0.1, -0.05) is 26.0 Å². The van der Waals surface area contributed by atoms with Gasteiger partial charge in [0, 0.05) is 13.1 Å². The van der Waals surface area contributed by atoms with Gasteiger partial charge < -0.3 is 15.2 Å². The lowest BCUT2D eigenvalue weighted by Gasteiger charge is -2.16. The van der Waals surface area contributed by atoms with Crippen molar-refractivity contribution in [1.82, 2.24) is 5.32 Å². The monoisotopic (exact) mass is 251 g/mol. The molecular weight excluding hydrogens is 230 g/mol. The quantitative estimate of drug-likeness (QED) is 0.779. The molecule has 4 heteroatoms. The molecule has 1 aromatic rings. The molecule has 0 bridgehead atoms. The number of nitrogens with one attached hydrogen (secondary N) is 1. The molecule has 0 aliphatic heterocycles. The Kier molecular flexibility index (Phi) is 5.65. The van der Waals surface area contributed by atoms with Crippen LogP contribution < -0.4 is 10.1 Å². The van der Waals surface area contributed by atoms with E-state index in [1.807, 2.05) is 38.1 Å². The summed E-state index contributed by atoms with van der Waals surface area (Å²) < 4.78 is 5.14. The normalized spacial score (nSPS) is 12.4. The molecular formula is C14H21NO3. The average molecular weight is 251 g/mol. The molecule has 0 amide bonds. The van der Waals surface area contributed by atoms with Crippen LogP contribution in [-0.2, 0) is 11.3 Å². The van der Waals surface area contributed by atoms with Gasteiger partial charge >= 0.3 is 5.97 Å². The summed E-state index contributed by atoms with van der Waals surface area (Å²) in [5.41, 5.74) is 1.09. The molecule has 0 spiro atoms. The first-order valence-electron chi connectivity index (χ1n) is 6.11. The number of carboxylic acid groups (broad SMARTS) is 1. The van der Waals surface area contributed by atoms with Gasteiger partial charge in [0.25, 0.3) is 0 Å². The van der Waals surface area contributed by atoms with E-state index >= 15 is 0 Å². The SMILES string of the molecule is COc1cccc(CNCC(C(=O)O)C(C)C)c1. The lowest BCUT2D eigenvalue weighted by Crippen LogP contribution is -2.31. The highest BCUT2D eigenvalue weighted by molar-refractivity contribution is 5.70. The molecule has 1 rings (SSSR count). The lowest BCUT2D eigenvalue weighted by molar-refractivity contribution is -0.143. The molecule has 1 atom stereocenters. The molecule has 0 saturated heterocycles. The minimum atomic E-state index is -0.747. The molecule has 0 radical (unpaired) electrons. The molecule has 0 fully saturated rings. The maximum atomic E-state index is 11.0. The van der Waals surface area contributed by atoms with Gasteiger partial charge in [-0.25, -0.2) is 0 Å². The maximum Gasteiger partial charge on any atom is 0.308 e. The Labute approximate surface area is 108 Å². The minimum Gasteiger partial charge on any atom is -0.497 e. The third-order valence-electron chi connectivity index (χ3n) is 2.95. The van der Waals surface area contributed by atoms with Gasteiger partial charge in [-0.2, -0.15) is 0 Å². The van der Waals surface area contributed by atoms with Crippen LogP contribution in [0.5, 0.6) is 5.75 Å². The van der Waals surface area contributed by atoms with Crippen LogP contribution in [0.1, 0.15) is 19.4 Å². The Bertz CT molecular complexity index is 390. The predicted octanol–water partition coefficient (Wildman–Crippen LogP) is 2.14.